The molecule has 2 rings (SSSR count). The van der Waals surface area contributed by atoms with E-state index in [9.17, 15) is 8.42 Å². The monoisotopic (exact) mass is 310 g/mol. The zero-order valence-corrected chi connectivity index (χ0v) is 12.8. The first kappa shape index (κ1) is 15.5. The average Bonchev–Trinajstić information content (AvgIpc) is 2.66. The van der Waals surface area contributed by atoms with Gasteiger partial charge in [0.05, 0.1) is 5.25 Å². The molecular weight excluding hydrogens is 288 g/mol. The quantitative estimate of drug-likeness (QED) is 0.719. The van der Waals surface area contributed by atoms with Crippen molar-refractivity contribution in [2.75, 3.05) is 51.8 Å². The Labute approximate surface area is 120 Å². The van der Waals surface area contributed by atoms with E-state index in [0.29, 0.717) is 45.0 Å². The Bertz CT molecular complexity index is 371. The van der Waals surface area contributed by atoms with Gasteiger partial charge in [-0.3, -0.25) is 0 Å². The molecule has 5 nitrogen and oxygen atoms in total. The van der Waals surface area contributed by atoms with Gasteiger partial charge in [0.2, 0.25) is 10.0 Å². The molecule has 2 fully saturated rings. The number of ether oxygens (including phenoxy) is 1. The minimum atomic E-state index is -3.15. The van der Waals surface area contributed by atoms with E-state index in [1.807, 2.05) is 0 Å². The molecule has 2 aliphatic rings. The molecule has 0 amide bonds. The molecule has 2 heterocycles. The van der Waals surface area contributed by atoms with Gasteiger partial charge in [0.15, 0.2) is 0 Å². The van der Waals surface area contributed by atoms with Gasteiger partial charge in [0, 0.05) is 45.3 Å². The lowest BCUT2D eigenvalue weighted by Gasteiger charge is -2.28. The topological polar surface area (TPSA) is 49.9 Å². The molecule has 0 bridgehead atoms. The third-order valence-electron chi connectivity index (χ3n) is 3.90. The summed E-state index contributed by atoms with van der Waals surface area (Å²) < 4.78 is 32.1. The number of halogens is 1. The van der Waals surface area contributed by atoms with Crippen molar-refractivity contribution in [1.82, 2.24) is 9.21 Å². The van der Waals surface area contributed by atoms with Gasteiger partial charge in [0.1, 0.15) is 0 Å². The van der Waals surface area contributed by atoms with E-state index in [1.165, 1.54) is 0 Å². The molecule has 0 aromatic heterocycles. The van der Waals surface area contributed by atoms with Gasteiger partial charge in [-0.25, -0.2) is 12.7 Å². The van der Waals surface area contributed by atoms with Crippen molar-refractivity contribution in [3.8, 4) is 0 Å². The second-order valence-electron chi connectivity index (χ2n) is 5.14. The van der Waals surface area contributed by atoms with Crippen LogP contribution in [0.5, 0.6) is 0 Å². The number of hydrogen-bond donors (Lipinski definition) is 0. The van der Waals surface area contributed by atoms with Crippen molar-refractivity contribution in [1.29, 1.82) is 0 Å². The van der Waals surface area contributed by atoms with E-state index in [0.717, 1.165) is 26.1 Å². The van der Waals surface area contributed by atoms with Crippen LogP contribution in [0.2, 0.25) is 0 Å². The summed E-state index contributed by atoms with van der Waals surface area (Å²) in [4.78, 5) is 2.24. The summed E-state index contributed by atoms with van der Waals surface area (Å²) in [7, 11) is -3.15. The molecule has 112 valence electrons. The summed E-state index contributed by atoms with van der Waals surface area (Å²) in [6.07, 6.45) is 2.15. The molecule has 19 heavy (non-hydrogen) atoms. The maximum Gasteiger partial charge on any atom is 0.217 e. The van der Waals surface area contributed by atoms with Crippen LogP contribution in [0, 0.1) is 0 Å². The largest absolute Gasteiger partial charge is 0.381 e. The van der Waals surface area contributed by atoms with Crippen LogP contribution in [0.25, 0.3) is 0 Å². The third kappa shape index (κ3) is 4.04. The van der Waals surface area contributed by atoms with Crippen LogP contribution in [0.4, 0.5) is 0 Å². The highest BCUT2D eigenvalue weighted by molar-refractivity contribution is 7.89. The number of rotatable bonds is 4. The molecule has 0 aromatic carbocycles. The van der Waals surface area contributed by atoms with Crippen molar-refractivity contribution in [2.24, 2.45) is 0 Å². The fraction of sp³-hybridized carbons (Fsp3) is 1.00. The van der Waals surface area contributed by atoms with Gasteiger partial charge >= 0.3 is 0 Å². The fourth-order valence-electron chi connectivity index (χ4n) is 2.73. The minimum Gasteiger partial charge on any atom is -0.381 e. The second kappa shape index (κ2) is 7.22. The summed E-state index contributed by atoms with van der Waals surface area (Å²) in [6.45, 7) is 4.93. The van der Waals surface area contributed by atoms with Gasteiger partial charge in [-0.1, -0.05) is 0 Å². The van der Waals surface area contributed by atoms with Gasteiger partial charge in [-0.15, -0.1) is 11.6 Å². The summed E-state index contributed by atoms with van der Waals surface area (Å²) in [6, 6.07) is 0. The minimum absolute atomic E-state index is 0.249. The zero-order valence-electron chi connectivity index (χ0n) is 11.3. The molecule has 0 aromatic rings. The molecule has 0 saturated carbocycles. The van der Waals surface area contributed by atoms with Gasteiger partial charge in [-0.05, 0) is 25.8 Å². The lowest BCUT2D eigenvalue weighted by atomic mass is 10.2. The van der Waals surface area contributed by atoms with E-state index in [4.69, 9.17) is 16.3 Å². The third-order valence-corrected chi connectivity index (χ3v) is 6.47. The molecule has 0 unspecified atom stereocenters. The molecule has 0 aliphatic carbocycles. The van der Waals surface area contributed by atoms with Crippen LogP contribution in [-0.2, 0) is 14.8 Å². The van der Waals surface area contributed by atoms with E-state index in [1.54, 1.807) is 4.31 Å². The summed E-state index contributed by atoms with van der Waals surface area (Å²) in [5.74, 6) is 0.604. The normalized spacial score (nSPS) is 25.3. The molecule has 0 N–H and O–H groups in total. The van der Waals surface area contributed by atoms with Crippen LogP contribution in [0.3, 0.4) is 0 Å². The second-order valence-corrected chi connectivity index (χ2v) is 7.73. The Hall–Kier alpha value is 0.120. The Balaban J connectivity index is 1.96. The first-order chi connectivity index (χ1) is 9.14. The lowest BCUT2D eigenvalue weighted by Crippen LogP contribution is -2.43. The zero-order chi connectivity index (χ0) is 13.7. The maximum atomic E-state index is 12.6. The maximum absolute atomic E-state index is 12.6. The average molecular weight is 311 g/mol. The number of sulfonamides is 1. The summed E-state index contributed by atoms with van der Waals surface area (Å²) >= 11 is 5.75. The van der Waals surface area contributed by atoms with Crippen LogP contribution in [0.15, 0.2) is 0 Å². The predicted octanol–water partition coefficient (Wildman–Crippen LogP) is 0.742. The fourth-order valence-corrected chi connectivity index (χ4v) is 4.90. The molecular formula is C12H23ClN2O3S. The molecule has 0 spiro atoms. The number of hydrogen-bond acceptors (Lipinski definition) is 4. The van der Waals surface area contributed by atoms with Crippen molar-refractivity contribution < 1.29 is 13.2 Å². The van der Waals surface area contributed by atoms with Crippen LogP contribution in [0.1, 0.15) is 19.3 Å². The standard InChI is InChI=1S/C12H23ClN2O3S/c13-4-7-14-5-1-6-15(9-8-14)19(16,17)12-2-10-18-11-3-12/h12H,1-11H2. The number of nitrogens with zero attached hydrogens (tertiary/aromatic N) is 2. The predicted molar refractivity (Wildman–Crippen MR) is 76.1 cm³/mol. The smallest absolute Gasteiger partial charge is 0.217 e. The summed E-state index contributed by atoms with van der Waals surface area (Å²) in [5.41, 5.74) is 0. The van der Waals surface area contributed by atoms with E-state index >= 15 is 0 Å². The van der Waals surface area contributed by atoms with Crippen molar-refractivity contribution in [3.63, 3.8) is 0 Å². The van der Waals surface area contributed by atoms with Crippen molar-refractivity contribution >= 4 is 21.6 Å². The van der Waals surface area contributed by atoms with E-state index < -0.39 is 10.0 Å². The van der Waals surface area contributed by atoms with Crippen LogP contribution in [-0.4, -0.2) is 74.7 Å². The first-order valence-electron chi connectivity index (χ1n) is 6.99. The Morgan fingerprint density at radius 1 is 1.11 bits per heavy atom. The van der Waals surface area contributed by atoms with Gasteiger partial charge in [0.25, 0.3) is 0 Å². The molecule has 2 saturated heterocycles. The Morgan fingerprint density at radius 3 is 2.53 bits per heavy atom. The Morgan fingerprint density at radius 2 is 1.84 bits per heavy atom. The number of alkyl halides is 1. The van der Waals surface area contributed by atoms with Gasteiger partial charge in [-0.2, -0.15) is 0 Å². The lowest BCUT2D eigenvalue weighted by molar-refractivity contribution is 0.0972. The van der Waals surface area contributed by atoms with Crippen LogP contribution < -0.4 is 0 Å². The molecule has 0 atom stereocenters. The SMILES string of the molecule is O=S(=O)(C1CCOCC1)N1CCCN(CCCl)CC1. The highest BCUT2D eigenvalue weighted by Gasteiger charge is 2.34. The van der Waals surface area contributed by atoms with E-state index in [2.05, 4.69) is 4.90 Å². The van der Waals surface area contributed by atoms with E-state index in [-0.39, 0.29) is 5.25 Å². The molecule has 0 radical (unpaired) electrons. The highest BCUT2D eigenvalue weighted by Crippen LogP contribution is 2.21. The molecule has 7 heteroatoms. The van der Waals surface area contributed by atoms with Crippen molar-refractivity contribution in [2.45, 2.75) is 24.5 Å². The first-order valence-corrected chi connectivity index (χ1v) is 9.03. The van der Waals surface area contributed by atoms with Gasteiger partial charge < -0.3 is 9.64 Å². The van der Waals surface area contributed by atoms with Crippen molar-refractivity contribution in [3.05, 3.63) is 0 Å². The highest BCUT2D eigenvalue weighted by atomic mass is 35.5. The Kier molecular flexibility index (Phi) is 5.89. The molecule has 2 aliphatic heterocycles. The summed E-state index contributed by atoms with van der Waals surface area (Å²) in [5, 5.41) is -0.249. The van der Waals surface area contributed by atoms with Crippen LogP contribution >= 0.6 is 11.6 Å².